The van der Waals surface area contributed by atoms with Gasteiger partial charge in [-0.15, -0.1) is 0 Å². The van der Waals surface area contributed by atoms with Gasteiger partial charge in [-0.1, -0.05) is 30.3 Å². The average molecular weight is 358 g/mol. The van der Waals surface area contributed by atoms with Gasteiger partial charge in [-0.3, -0.25) is 9.78 Å². The maximum atomic E-state index is 13.7. The monoisotopic (exact) mass is 358 g/mol. The first-order valence-electron chi connectivity index (χ1n) is 8.33. The zero-order valence-corrected chi connectivity index (χ0v) is 14.2. The maximum absolute atomic E-state index is 13.7. The molecule has 0 fully saturated rings. The van der Waals surface area contributed by atoms with Gasteiger partial charge in [0.15, 0.2) is 0 Å². The fourth-order valence-corrected chi connectivity index (χ4v) is 2.70. The van der Waals surface area contributed by atoms with E-state index in [9.17, 15) is 9.18 Å². The molecule has 5 nitrogen and oxygen atoms in total. The number of hydrogen-bond donors (Lipinski definition) is 2. The summed E-state index contributed by atoms with van der Waals surface area (Å²) in [4.78, 5) is 20.9. The van der Waals surface area contributed by atoms with Crippen molar-refractivity contribution in [1.82, 2.24) is 9.97 Å². The van der Waals surface area contributed by atoms with Crippen molar-refractivity contribution in [3.8, 4) is 0 Å². The van der Waals surface area contributed by atoms with Crippen LogP contribution in [0.5, 0.6) is 0 Å². The summed E-state index contributed by atoms with van der Waals surface area (Å²) in [6.45, 7) is 0. The molecular weight excluding hydrogens is 343 g/mol. The highest BCUT2D eigenvalue weighted by Gasteiger charge is 2.10. The molecule has 4 aromatic rings. The van der Waals surface area contributed by atoms with Gasteiger partial charge in [-0.2, -0.15) is 0 Å². The van der Waals surface area contributed by atoms with Crippen LogP contribution in [-0.4, -0.2) is 15.9 Å². The number of hydrogen-bond acceptors (Lipinski definition) is 4. The molecular formula is C21H15FN4O. The largest absolute Gasteiger partial charge is 0.338 e. The highest BCUT2D eigenvalue weighted by Crippen LogP contribution is 2.23. The van der Waals surface area contributed by atoms with E-state index in [1.807, 2.05) is 30.3 Å². The number of amides is 1. The summed E-state index contributed by atoms with van der Waals surface area (Å²) in [6, 6.07) is 19.0. The van der Waals surface area contributed by atoms with Crippen molar-refractivity contribution >= 4 is 34.0 Å². The van der Waals surface area contributed by atoms with E-state index in [0.29, 0.717) is 11.4 Å². The first-order chi connectivity index (χ1) is 13.2. The molecule has 0 aliphatic carbocycles. The minimum absolute atomic E-state index is 0.131. The predicted octanol–water partition coefficient (Wildman–Crippen LogP) is 4.76. The number of pyridine rings is 2. The second-order valence-corrected chi connectivity index (χ2v) is 5.87. The Balaban J connectivity index is 1.52. The van der Waals surface area contributed by atoms with Crippen LogP contribution < -0.4 is 10.6 Å². The summed E-state index contributed by atoms with van der Waals surface area (Å²) < 4.78 is 13.7. The van der Waals surface area contributed by atoms with Crippen molar-refractivity contribution in [1.29, 1.82) is 0 Å². The van der Waals surface area contributed by atoms with E-state index >= 15 is 0 Å². The van der Waals surface area contributed by atoms with Crippen molar-refractivity contribution in [3.63, 3.8) is 0 Å². The number of halogens is 1. The molecule has 0 atom stereocenters. The van der Waals surface area contributed by atoms with Gasteiger partial charge >= 0.3 is 0 Å². The third-order valence-corrected chi connectivity index (χ3v) is 4.04. The lowest BCUT2D eigenvalue weighted by atomic mass is 10.2. The van der Waals surface area contributed by atoms with Crippen LogP contribution in [0.4, 0.5) is 21.6 Å². The molecule has 2 N–H and O–H groups in total. The maximum Gasteiger partial charge on any atom is 0.257 e. The van der Waals surface area contributed by atoms with Gasteiger partial charge in [-0.05, 0) is 36.4 Å². The standard InChI is InChI=1S/C21H15FN4O/c22-16-7-1-2-8-17(16)26-21(27)15-10-11-19(24-13-15)25-18-9-3-5-14-6-4-12-23-20(14)18/h1-13H,(H,24,25)(H,26,27). The molecule has 0 saturated carbocycles. The van der Waals surface area contributed by atoms with Crippen LogP contribution in [0.3, 0.4) is 0 Å². The number of carbonyl (C=O) groups is 1. The van der Waals surface area contributed by atoms with E-state index in [1.54, 1.807) is 30.5 Å². The number of nitrogens with one attached hydrogen (secondary N) is 2. The number of para-hydroxylation sites is 2. The normalized spacial score (nSPS) is 10.6. The molecule has 0 saturated heterocycles. The highest BCUT2D eigenvalue weighted by atomic mass is 19.1. The van der Waals surface area contributed by atoms with E-state index in [0.717, 1.165) is 16.6 Å². The van der Waals surface area contributed by atoms with Gasteiger partial charge in [0.25, 0.3) is 5.91 Å². The number of fused-ring (bicyclic) bond motifs is 1. The van der Waals surface area contributed by atoms with Crippen molar-refractivity contribution < 1.29 is 9.18 Å². The Hall–Kier alpha value is -3.80. The molecule has 0 bridgehead atoms. The average Bonchev–Trinajstić information content (AvgIpc) is 2.70. The molecule has 0 radical (unpaired) electrons. The minimum atomic E-state index is -0.486. The number of nitrogens with zero attached hydrogens (tertiary/aromatic N) is 2. The zero-order chi connectivity index (χ0) is 18.6. The fourth-order valence-electron chi connectivity index (χ4n) is 2.70. The van der Waals surface area contributed by atoms with Gasteiger partial charge in [-0.25, -0.2) is 9.37 Å². The Morgan fingerprint density at radius 2 is 1.67 bits per heavy atom. The topological polar surface area (TPSA) is 66.9 Å². The van der Waals surface area contributed by atoms with Crippen molar-refractivity contribution in [2.45, 2.75) is 0 Å². The Labute approximate surface area is 154 Å². The van der Waals surface area contributed by atoms with E-state index < -0.39 is 11.7 Å². The first-order valence-corrected chi connectivity index (χ1v) is 8.33. The third kappa shape index (κ3) is 3.59. The lowest BCUT2D eigenvalue weighted by Gasteiger charge is -2.09. The molecule has 0 unspecified atom stereocenters. The van der Waals surface area contributed by atoms with Crippen LogP contribution in [0.1, 0.15) is 10.4 Å². The molecule has 2 heterocycles. The lowest BCUT2D eigenvalue weighted by molar-refractivity contribution is 0.102. The number of carbonyl (C=O) groups excluding carboxylic acids is 1. The lowest BCUT2D eigenvalue weighted by Crippen LogP contribution is -2.13. The van der Waals surface area contributed by atoms with Gasteiger partial charge in [0.2, 0.25) is 0 Å². The van der Waals surface area contributed by atoms with Crippen molar-refractivity contribution in [2.24, 2.45) is 0 Å². The molecule has 0 aliphatic rings. The Morgan fingerprint density at radius 1 is 0.852 bits per heavy atom. The molecule has 4 rings (SSSR count). The van der Waals surface area contributed by atoms with Gasteiger partial charge in [0.1, 0.15) is 11.6 Å². The van der Waals surface area contributed by atoms with E-state index in [2.05, 4.69) is 20.6 Å². The minimum Gasteiger partial charge on any atom is -0.338 e. The summed E-state index contributed by atoms with van der Waals surface area (Å²) in [7, 11) is 0. The van der Waals surface area contributed by atoms with Crippen LogP contribution in [-0.2, 0) is 0 Å². The van der Waals surface area contributed by atoms with Gasteiger partial charge < -0.3 is 10.6 Å². The Kier molecular flexibility index (Phi) is 4.45. The molecule has 0 aliphatic heterocycles. The summed E-state index contributed by atoms with van der Waals surface area (Å²) in [5.41, 5.74) is 2.12. The number of rotatable bonds is 4. The van der Waals surface area contributed by atoms with Gasteiger partial charge in [0, 0.05) is 17.8 Å². The van der Waals surface area contributed by atoms with Gasteiger partial charge in [0.05, 0.1) is 22.5 Å². The molecule has 27 heavy (non-hydrogen) atoms. The van der Waals surface area contributed by atoms with Crippen molar-refractivity contribution in [3.05, 3.63) is 90.5 Å². The molecule has 6 heteroatoms. The Morgan fingerprint density at radius 3 is 2.48 bits per heavy atom. The molecule has 132 valence electrons. The SMILES string of the molecule is O=C(Nc1ccccc1F)c1ccc(Nc2cccc3cccnc23)nc1. The van der Waals surface area contributed by atoms with E-state index in [4.69, 9.17) is 0 Å². The predicted molar refractivity (Wildman–Crippen MR) is 104 cm³/mol. The smallest absolute Gasteiger partial charge is 0.257 e. The number of benzene rings is 2. The molecule has 2 aromatic heterocycles. The summed E-state index contributed by atoms with van der Waals surface area (Å²) in [5, 5.41) is 6.76. The second-order valence-electron chi connectivity index (χ2n) is 5.87. The van der Waals surface area contributed by atoms with E-state index in [-0.39, 0.29) is 5.69 Å². The zero-order valence-electron chi connectivity index (χ0n) is 14.2. The molecule has 0 spiro atoms. The first kappa shape index (κ1) is 16.7. The van der Waals surface area contributed by atoms with Crippen LogP contribution in [0.15, 0.2) is 79.1 Å². The van der Waals surface area contributed by atoms with Crippen LogP contribution in [0, 0.1) is 5.82 Å². The number of aromatic nitrogens is 2. The summed E-state index contributed by atoms with van der Waals surface area (Å²) >= 11 is 0. The number of anilines is 3. The highest BCUT2D eigenvalue weighted by molar-refractivity contribution is 6.04. The van der Waals surface area contributed by atoms with Crippen molar-refractivity contribution in [2.75, 3.05) is 10.6 Å². The fraction of sp³-hybridized carbons (Fsp3) is 0. The van der Waals surface area contributed by atoms with Crippen LogP contribution >= 0.6 is 0 Å². The molecule has 1 amide bonds. The van der Waals surface area contributed by atoms with E-state index in [1.165, 1.54) is 18.3 Å². The second kappa shape index (κ2) is 7.21. The Bertz CT molecular complexity index is 1110. The summed E-state index contributed by atoms with van der Waals surface area (Å²) in [5.74, 6) is -0.331. The van der Waals surface area contributed by atoms with Crippen LogP contribution in [0.25, 0.3) is 10.9 Å². The van der Waals surface area contributed by atoms with Crippen LogP contribution in [0.2, 0.25) is 0 Å². The summed E-state index contributed by atoms with van der Waals surface area (Å²) in [6.07, 6.45) is 3.17. The molecule has 2 aromatic carbocycles. The third-order valence-electron chi connectivity index (χ3n) is 4.04. The quantitative estimate of drug-likeness (QED) is 0.552.